The Hall–Kier alpha value is -4.26. The number of carbonyl (C=O) groups is 1. The minimum Gasteiger partial charge on any atom is -0.451 e. The first kappa shape index (κ1) is 16.9. The van der Waals surface area contributed by atoms with Crippen LogP contribution in [0.4, 0.5) is 5.69 Å². The SMILES string of the molecule is O=C(Nc1ccccc1-c1nc(-c2ccncc2)no1)c1cc2ccccc2o1. The number of pyridine rings is 1. The van der Waals surface area contributed by atoms with Crippen LogP contribution in [0.3, 0.4) is 0 Å². The second-order valence-corrected chi connectivity index (χ2v) is 6.31. The van der Waals surface area contributed by atoms with Crippen molar-refractivity contribution in [3.63, 3.8) is 0 Å². The zero-order valence-corrected chi connectivity index (χ0v) is 15.1. The highest BCUT2D eigenvalue weighted by Crippen LogP contribution is 2.29. The maximum atomic E-state index is 12.7. The Balaban J connectivity index is 1.45. The van der Waals surface area contributed by atoms with Gasteiger partial charge in [-0.3, -0.25) is 9.78 Å². The number of benzene rings is 2. The van der Waals surface area contributed by atoms with Crippen LogP contribution < -0.4 is 5.32 Å². The summed E-state index contributed by atoms with van der Waals surface area (Å²) in [5, 5.41) is 7.76. The molecule has 2 aromatic carbocycles. The van der Waals surface area contributed by atoms with Crippen molar-refractivity contribution in [2.45, 2.75) is 0 Å². The lowest BCUT2D eigenvalue weighted by molar-refractivity contribution is 0.0998. The second-order valence-electron chi connectivity index (χ2n) is 6.31. The minimum atomic E-state index is -0.359. The number of nitrogens with zero attached hydrogens (tertiary/aromatic N) is 3. The van der Waals surface area contributed by atoms with Crippen LogP contribution in [-0.4, -0.2) is 21.0 Å². The second kappa shape index (κ2) is 7.05. The van der Waals surface area contributed by atoms with Gasteiger partial charge in [-0.15, -0.1) is 0 Å². The summed E-state index contributed by atoms with van der Waals surface area (Å²) in [4.78, 5) is 21.1. The van der Waals surface area contributed by atoms with E-state index in [1.165, 1.54) is 0 Å². The molecule has 140 valence electrons. The molecule has 3 aromatic heterocycles. The lowest BCUT2D eigenvalue weighted by atomic mass is 10.1. The number of rotatable bonds is 4. The summed E-state index contributed by atoms with van der Waals surface area (Å²) in [7, 11) is 0. The molecule has 0 aliphatic carbocycles. The summed E-state index contributed by atoms with van der Waals surface area (Å²) in [6.45, 7) is 0. The van der Waals surface area contributed by atoms with Crippen molar-refractivity contribution in [1.29, 1.82) is 0 Å². The Morgan fingerprint density at radius 2 is 1.72 bits per heavy atom. The fourth-order valence-electron chi connectivity index (χ4n) is 3.01. The number of carbonyl (C=O) groups excluding carboxylic acids is 1. The monoisotopic (exact) mass is 382 g/mol. The van der Waals surface area contributed by atoms with E-state index in [0.29, 0.717) is 28.5 Å². The van der Waals surface area contributed by atoms with E-state index in [-0.39, 0.29) is 11.7 Å². The Morgan fingerprint density at radius 1 is 0.931 bits per heavy atom. The maximum Gasteiger partial charge on any atom is 0.291 e. The topological polar surface area (TPSA) is 94.1 Å². The molecule has 0 aliphatic rings. The van der Waals surface area contributed by atoms with E-state index in [0.717, 1.165) is 10.9 Å². The first-order chi connectivity index (χ1) is 14.3. The van der Waals surface area contributed by atoms with Crippen molar-refractivity contribution in [3.8, 4) is 22.8 Å². The van der Waals surface area contributed by atoms with E-state index in [4.69, 9.17) is 8.94 Å². The molecular formula is C22H14N4O3. The van der Waals surface area contributed by atoms with Crippen LogP contribution >= 0.6 is 0 Å². The minimum absolute atomic E-state index is 0.226. The van der Waals surface area contributed by atoms with Crippen molar-refractivity contribution in [3.05, 3.63) is 84.9 Å². The smallest absolute Gasteiger partial charge is 0.291 e. The highest BCUT2D eigenvalue weighted by Gasteiger charge is 2.18. The van der Waals surface area contributed by atoms with Gasteiger partial charge in [0.1, 0.15) is 5.58 Å². The summed E-state index contributed by atoms with van der Waals surface area (Å²) in [6, 6.07) is 20.0. The van der Waals surface area contributed by atoms with Gasteiger partial charge in [0.2, 0.25) is 5.82 Å². The van der Waals surface area contributed by atoms with Crippen LogP contribution in [0.25, 0.3) is 33.8 Å². The first-order valence-corrected chi connectivity index (χ1v) is 8.91. The first-order valence-electron chi connectivity index (χ1n) is 8.91. The molecule has 7 heteroatoms. The van der Waals surface area contributed by atoms with Gasteiger partial charge >= 0.3 is 0 Å². The third kappa shape index (κ3) is 3.25. The zero-order valence-electron chi connectivity index (χ0n) is 15.1. The lowest BCUT2D eigenvalue weighted by Crippen LogP contribution is -2.11. The van der Waals surface area contributed by atoms with Crippen molar-refractivity contribution >= 4 is 22.6 Å². The highest BCUT2D eigenvalue weighted by atomic mass is 16.5. The van der Waals surface area contributed by atoms with Gasteiger partial charge in [0, 0.05) is 23.3 Å². The van der Waals surface area contributed by atoms with Crippen LogP contribution in [0.2, 0.25) is 0 Å². The van der Waals surface area contributed by atoms with Crippen LogP contribution in [0.5, 0.6) is 0 Å². The average Bonchev–Trinajstić information content (AvgIpc) is 3.42. The number of furan rings is 1. The molecule has 0 saturated carbocycles. The molecule has 0 radical (unpaired) electrons. The number of amides is 1. The number of anilines is 1. The molecule has 0 atom stereocenters. The molecule has 29 heavy (non-hydrogen) atoms. The number of fused-ring (bicyclic) bond motifs is 1. The van der Waals surface area contributed by atoms with Gasteiger partial charge in [0.25, 0.3) is 11.8 Å². The molecule has 0 unspecified atom stereocenters. The molecule has 1 amide bonds. The van der Waals surface area contributed by atoms with Gasteiger partial charge in [-0.1, -0.05) is 35.5 Å². The van der Waals surface area contributed by atoms with Crippen LogP contribution in [0.15, 0.2) is 88.1 Å². The van der Waals surface area contributed by atoms with E-state index in [1.54, 1.807) is 42.7 Å². The van der Waals surface area contributed by atoms with Crippen molar-refractivity contribution in [2.75, 3.05) is 5.32 Å². The van der Waals surface area contributed by atoms with E-state index < -0.39 is 0 Å². The largest absolute Gasteiger partial charge is 0.451 e. The molecule has 5 aromatic rings. The number of hydrogen-bond acceptors (Lipinski definition) is 6. The maximum absolute atomic E-state index is 12.7. The molecule has 0 saturated heterocycles. The molecule has 3 heterocycles. The third-order valence-electron chi connectivity index (χ3n) is 4.42. The average molecular weight is 382 g/mol. The Morgan fingerprint density at radius 3 is 2.59 bits per heavy atom. The zero-order chi connectivity index (χ0) is 19.6. The Kier molecular flexibility index (Phi) is 4.10. The molecule has 5 rings (SSSR count). The molecule has 1 N–H and O–H groups in total. The van der Waals surface area contributed by atoms with Gasteiger partial charge in [-0.25, -0.2) is 0 Å². The molecule has 0 aliphatic heterocycles. The van der Waals surface area contributed by atoms with Crippen LogP contribution in [0, 0.1) is 0 Å². The van der Waals surface area contributed by atoms with Gasteiger partial charge in [-0.2, -0.15) is 4.98 Å². The van der Waals surface area contributed by atoms with E-state index >= 15 is 0 Å². The summed E-state index contributed by atoms with van der Waals surface area (Å²) in [5.41, 5.74) is 2.61. The van der Waals surface area contributed by atoms with Gasteiger partial charge in [-0.05, 0) is 36.4 Å². The van der Waals surface area contributed by atoms with E-state index in [1.807, 2.05) is 36.4 Å². The fourth-order valence-corrected chi connectivity index (χ4v) is 3.01. The molecular weight excluding hydrogens is 368 g/mol. The normalized spacial score (nSPS) is 10.9. The van der Waals surface area contributed by atoms with E-state index in [9.17, 15) is 4.79 Å². The van der Waals surface area contributed by atoms with Crippen molar-refractivity contribution in [2.24, 2.45) is 0 Å². The Labute approximate surface area is 165 Å². The van der Waals surface area contributed by atoms with Gasteiger partial charge in [0.15, 0.2) is 5.76 Å². The molecule has 7 nitrogen and oxygen atoms in total. The summed E-state index contributed by atoms with van der Waals surface area (Å²) in [5.74, 6) is 0.615. The summed E-state index contributed by atoms with van der Waals surface area (Å²) in [6.07, 6.45) is 3.32. The number of aromatic nitrogens is 3. The van der Waals surface area contributed by atoms with E-state index in [2.05, 4.69) is 20.4 Å². The summed E-state index contributed by atoms with van der Waals surface area (Å²) < 4.78 is 11.1. The predicted molar refractivity (Wildman–Crippen MR) is 107 cm³/mol. The molecule has 0 fully saturated rings. The van der Waals surface area contributed by atoms with Gasteiger partial charge in [0.05, 0.1) is 11.3 Å². The highest BCUT2D eigenvalue weighted by molar-refractivity contribution is 6.06. The Bertz CT molecular complexity index is 1270. The van der Waals surface area contributed by atoms with Crippen molar-refractivity contribution < 1.29 is 13.7 Å². The van der Waals surface area contributed by atoms with Gasteiger partial charge < -0.3 is 14.3 Å². The number of nitrogens with one attached hydrogen (secondary N) is 1. The quantitative estimate of drug-likeness (QED) is 0.480. The third-order valence-corrected chi connectivity index (χ3v) is 4.42. The number of para-hydroxylation sites is 2. The molecule has 0 spiro atoms. The summed E-state index contributed by atoms with van der Waals surface area (Å²) >= 11 is 0. The lowest BCUT2D eigenvalue weighted by Gasteiger charge is -2.06. The molecule has 0 bridgehead atoms. The van der Waals surface area contributed by atoms with Crippen LogP contribution in [0.1, 0.15) is 10.6 Å². The standard InChI is InChI=1S/C22H14N4O3/c27-21(19-13-15-5-1-4-8-18(15)28-19)24-17-7-3-2-6-16(17)22-25-20(26-29-22)14-9-11-23-12-10-14/h1-13H,(H,24,27). The fraction of sp³-hybridized carbons (Fsp3) is 0. The van der Waals surface area contributed by atoms with Crippen molar-refractivity contribution in [1.82, 2.24) is 15.1 Å². The predicted octanol–water partition coefficient (Wildman–Crippen LogP) is 4.80. The van der Waals surface area contributed by atoms with Crippen LogP contribution in [-0.2, 0) is 0 Å². The number of hydrogen-bond donors (Lipinski definition) is 1.